The molecule has 166 valence electrons. The van der Waals surface area contributed by atoms with Gasteiger partial charge in [0.1, 0.15) is 11.8 Å². The van der Waals surface area contributed by atoms with Crippen molar-refractivity contribution in [2.24, 2.45) is 0 Å². The number of carbonyl (C=O) groups is 2. The van der Waals surface area contributed by atoms with E-state index in [-0.39, 0.29) is 29.0 Å². The zero-order valence-electron chi connectivity index (χ0n) is 17.6. The number of hydrogen-bond donors (Lipinski definition) is 2. The standard InChI is InChI=1S/C22H27N3O5S/c1-3-31(28,29)24-18-13-12-17(15-19(18)30-2)23-22(27)21(16-9-5-4-6-10-16)25-14-8-7-11-20(25)26/h4-6,9-10,12-13,15,21,24H,3,7-8,11,14H2,1-2H3,(H,23,27). The number of benzene rings is 2. The fourth-order valence-electron chi connectivity index (χ4n) is 3.51. The molecule has 3 rings (SSSR count). The highest BCUT2D eigenvalue weighted by Crippen LogP contribution is 2.31. The van der Waals surface area contributed by atoms with Crippen molar-refractivity contribution in [3.05, 3.63) is 54.1 Å². The summed E-state index contributed by atoms with van der Waals surface area (Å²) in [5.41, 5.74) is 1.45. The number of hydrogen-bond acceptors (Lipinski definition) is 5. The summed E-state index contributed by atoms with van der Waals surface area (Å²) in [4.78, 5) is 27.4. The van der Waals surface area contributed by atoms with E-state index in [1.165, 1.54) is 20.1 Å². The van der Waals surface area contributed by atoms with E-state index in [0.717, 1.165) is 18.4 Å². The Hall–Kier alpha value is -3.07. The average molecular weight is 446 g/mol. The van der Waals surface area contributed by atoms with E-state index in [1.807, 2.05) is 30.3 Å². The van der Waals surface area contributed by atoms with Crippen molar-refractivity contribution in [3.63, 3.8) is 0 Å². The van der Waals surface area contributed by atoms with Gasteiger partial charge in [0.05, 0.1) is 18.6 Å². The van der Waals surface area contributed by atoms with Crippen LogP contribution in [-0.4, -0.2) is 44.5 Å². The summed E-state index contributed by atoms with van der Waals surface area (Å²) in [5.74, 6) is -0.181. The molecule has 1 aliphatic heterocycles. The second-order valence-electron chi connectivity index (χ2n) is 7.27. The second kappa shape index (κ2) is 9.82. The van der Waals surface area contributed by atoms with E-state index in [0.29, 0.717) is 18.7 Å². The van der Waals surface area contributed by atoms with E-state index in [1.54, 1.807) is 17.0 Å². The van der Waals surface area contributed by atoms with Gasteiger partial charge < -0.3 is 15.0 Å². The number of nitrogens with zero attached hydrogens (tertiary/aromatic N) is 1. The highest BCUT2D eigenvalue weighted by molar-refractivity contribution is 7.92. The van der Waals surface area contributed by atoms with Crippen molar-refractivity contribution in [1.29, 1.82) is 0 Å². The van der Waals surface area contributed by atoms with Crippen molar-refractivity contribution in [1.82, 2.24) is 4.90 Å². The molecule has 0 radical (unpaired) electrons. The molecule has 1 fully saturated rings. The molecule has 0 aromatic heterocycles. The molecule has 1 unspecified atom stereocenters. The lowest BCUT2D eigenvalue weighted by Crippen LogP contribution is -2.43. The lowest BCUT2D eigenvalue weighted by Gasteiger charge is -2.34. The van der Waals surface area contributed by atoms with Crippen LogP contribution in [-0.2, 0) is 19.6 Å². The Kier molecular flexibility index (Phi) is 7.17. The molecule has 2 N–H and O–H groups in total. The molecule has 1 aliphatic rings. The lowest BCUT2D eigenvalue weighted by atomic mass is 10.0. The summed E-state index contributed by atoms with van der Waals surface area (Å²) in [6, 6.07) is 13.1. The Balaban J connectivity index is 1.87. The third kappa shape index (κ3) is 5.55. The second-order valence-corrected chi connectivity index (χ2v) is 9.28. The fourth-order valence-corrected chi connectivity index (χ4v) is 4.16. The number of ether oxygens (including phenoxy) is 1. The summed E-state index contributed by atoms with van der Waals surface area (Å²) in [6.07, 6.45) is 2.10. The van der Waals surface area contributed by atoms with Crippen LogP contribution in [0.15, 0.2) is 48.5 Å². The van der Waals surface area contributed by atoms with Gasteiger partial charge in [-0.25, -0.2) is 8.42 Å². The van der Waals surface area contributed by atoms with E-state index in [9.17, 15) is 18.0 Å². The largest absolute Gasteiger partial charge is 0.494 e. The molecule has 1 atom stereocenters. The first-order valence-corrected chi connectivity index (χ1v) is 11.8. The molecule has 0 saturated carbocycles. The first-order chi connectivity index (χ1) is 14.8. The zero-order valence-corrected chi connectivity index (χ0v) is 18.4. The predicted octanol–water partition coefficient (Wildman–Crippen LogP) is 3.15. The van der Waals surface area contributed by atoms with Gasteiger partial charge in [0.25, 0.3) is 5.91 Å². The number of likely N-dealkylation sites (tertiary alicyclic amines) is 1. The van der Waals surface area contributed by atoms with E-state index < -0.39 is 16.1 Å². The SMILES string of the molecule is CCS(=O)(=O)Nc1ccc(NC(=O)C(c2ccccc2)N2CCCCC2=O)cc1OC. The van der Waals surface area contributed by atoms with Crippen molar-refractivity contribution in [3.8, 4) is 5.75 Å². The Morgan fingerprint density at radius 2 is 1.90 bits per heavy atom. The highest BCUT2D eigenvalue weighted by atomic mass is 32.2. The number of carbonyl (C=O) groups excluding carboxylic acids is 2. The molecule has 0 spiro atoms. The molecular weight excluding hydrogens is 418 g/mol. The summed E-state index contributed by atoms with van der Waals surface area (Å²) in [5, 5.41) is 2.85. The van der Waals surface area contributed by atoms with E-state index in [4.69, 9.17) is 4.74 Å². The molecule has 0 bridgehead atoms. The minimum Gasteiger partial charge on any atom is -0.494 e. The third-order valence-corrected chi connectivity index (χ3v) is 6.44. The molecule has 9 heteroatoms. The fraction of sp³-hybridized carbons (Fsp3) is 0.364. The normalized spacial score (nSPS) is 15.3. The van der Waals surface area contributed by atoms with Gasteiger partial charge >= 0.3 is 0 Å². The highest BCUT2D eigenvalue weighted by Gasteiger charge is 2.32. The average Bonchev–Trinajstić information content (AvgIpc) is 2.77. The van der Waals surface area contributed by atoms with Crippen LogP contribution in [0.2, 0.25) is 0 Å². The molecule has 1 heterocycles. The van der Waals surface area contributed by atoms with Gasteiger partial charge in [-0.1, -0.05) is 30.3 Å². The topological polar surface area (TPSA) is 105 Å². The number of nitrogens with one attached hydrogen (secondary N) is 2. The van der Waals surface area contributed by atoms with Crippen molar-refractivity contribution < 1.29 is 22.7 Å². The van der Waals surface area contributed by atoms with Gasteiger partial charge in [-0.05, 0) is 37.5 Å². The van der Waals surface area contributed by atoms with Crippen LogP contribution in [0, 0.1) is 0 Å². The van der Waals surface area contributed by atoms with Gasteiger partial charge in [0, 0.05) is 24.7 Å². The maximum Gasteiger partial charge on any atom is 0.251 e. The summed E-state index contributed by atoms with van der Waals surface area (Å²) < 4.78 is 31.5. The van der Waals surface area contributed by atoms with Crippen LogP contribution in [0.4, 0.5) is 11.4 Å². The number of anilines is 2. The van der Waals surface area contributed by atoms with Crippen LogP contribution in [0.3, 0.4) is 0 Å². The van der Waals surface area contributed by atoms with E-state index >= 15 is 0 Å². The molecule has 0 aliphatic carbocycles. The minimum atomic E-state index is -3.47. The van der Waals surface area contributed by atoms with Gasteiger partial charge in [0.2, 0.25) is 15.9 Å². The predicted molar refractivity (Wildman–Crippen MR) is 119 cm³/mol. The molecule has 31 heavy (non-hydrogen) atoms. The number of rotatable bonds is 8. The van der Waals surface area contributed by atoms with Gasteiger partial charge in [-0.15, -0.1) is 0 Å². The number of methoxy groups -OCH3 is 1. The summed E-state index contributed by atoms with van der Waals surface area (Å²) in [6.45, 7) is 2.06. The molecule has 2 aromatic carbocycles. The Labute approximate surface area is 182 Å². The number of sulfonamides is 1. The zero-order chi connectivity index (χ0) is 22.4. The van der Waals surface area contributed by atoms with Crippen molar-refractivity contribution in [2.45, 2.75) is 32.2 Å². The van der Waals surface area contributed by atoms with Gasteiger partial charge in [0.15, 0.2) is 0 Å². The third-order valence-electron chi connectivity index (χ3n) is 5.15. The van der Waals surface area contributed by atoms with Crippen molar-refractivity contribution in [2.75, 3.05) is 29.4 Å². The summed E-state index contributed by atoms with van der Waals surface area (Å²) >= 11 is 0. The lowest BCUT2D eigenvalue weighted by molar-refractivity contribution is -0.141. The monoisotopic (exact) mass is 445 g/mol. The van der Waals surface area contributed by atoms with Crippen LogP contribution in [0.25, 0.3) is 0 Å². The van der Waals surface area contributed by atoms with Crippen LogP contribution in [0.1, 0.15) is 37.8 Å². The van der Waals surface area contributed by atoms with Gasteiger partial charge in [-0.2, -0.15) is 0 Å². The molecular formula is C22H27N3O5S. The van der Waals surface area contributed by atoms with Crippen LogP contribution >= 0.6 is 0 Å². The minimum absolute atomic E-state index is 0.0443. The number of piperidine rings is 1. The quantitative estimate of drug-likeness (QED) is 0.649. The van der Waals surface area contributed by atoms with Crippen LogP contribution in [0.5, 0.6) is 5.75 Å². The van der Waals surface area contributed by atoms with Gasteiger partial charge in [-0.3, -0.25) is 14.3 Å². The first-order valence-electron chi connectivity index (χ1n) is 10.2. The summed E-state index contributed by atoms with van der Waals surface area (Å²) in [7, 11) is -2.05. The molecule has 2 aromatic rings. The Morgan fingerprint density at radius 1 is 1.16 bits per heavy atom. The molecule has 2 amide bonds. The van der Waals surface area contributed by atoms with Crippen molar-refractivity contribution >= 4 is 33.2 Å². The smallest absolute Gasteiger partial charge is 0.251 e. The van der Waals surface area contributed by atoms with E-state index in [2.05, 4.69) is 10.0 Å². The maximum atomic E-state index is 13.3. The maximum absolute atomic E-state index is 13.3. The molecule has 8 nitrogen and oxygen atoms in total. The Bertz CT molecular complexity index is 1040. The number of amides is 2. The van der Waals surface area contributed by atoms with Crippen LogP contribution < -0.4 is 14.8 Å². The molecule has 1 saturated heterocycles. The Morgan fingerprint density at radius 3 is 2.55 bits per heavy atom. The first kappa shape index (κ1) is 22.6.